The number of carbonyl (C=O) groups excluding carboxylic acids is 1. The number of benzene rings is 1. The average molecular weight is 334 g/mol. The molecule has 1 aromatic carbocycles. The third-order valence-electron chi connectivity index (χ3n) is 3.59. The van der Waals surface area contributed by atoms with Crippen molar-refractivity contribution in [3.05, 3.63) is 46.1 Å². The zero-order chi connectivity index (χ0) is 14.3. The third kappa shape index (κ3) is 2.26. The molecule has 0 radical (unpaired) electrons. The summed E-state index contributed by atoms with van der Waals surface area (Å²) in [5, 5.41) is 7.37. The van der Waals surface area contributed by atoms with Crippen molar-refractivity contribution in [1.29, 1.82) is 0 Å². The lowest BCUT2D eigenvalue weighted by molar-refractivity contribution is -0.116. The number of nitrogens with zero attached hydrogens (tertiary/aromatic N) is 2. The molecule has 1 amide bonds. The molecule has 1 aliphatic rings. The lowest BCUT2D eigenvalue weighted by Crippen LogP contribution is -2.25. The molecule has 4 nitrogen and oxygen atoms in total. The highest BCUT2D eigenvalue weighted by atomic mass is 79.9. The second-order valence-electron chi connectivity index (χ2n) is 5.35. The summed E-state index contributed by atoms with van der Waals surface area (Å²) in [6.45, 7) is 4.12. The Morgan fingerprint density at radius 1 is 1.45 bits per heavy atom. The molecule has 2 heterocycles. The molecule has 3 rings (SSSR count). The highest BCUT2D eigenvalue weighted by molar-refractivity contribution is 9.10. The molecule has 0 bridgehead atoms. The Kier molecular flexibility index (Phi) is 3.38. The quantitative estimate of drug-likeness (QED) is 0.910. The van der Waals surface area contributed by atoms with E-state index >= 15 is 0 Å². The summed E-state index contributed by atoms with van der Waals surface area (Å²) in [4.78, 5) is 12.0. The van der Waals surface area contributed by atoms with Crippen LogP contribution < -0.4 is 5.32 Å². The Morgan fingerprint density at radius 2 is 2.25 bits per heavy atom. The molecule has 1 aliphatic heterocycles. The van der Waals surface area contributed by atoms with E-state index in [1.165, 1.54) is 0 Å². The summed E-state index contributed by atoms with van der Waals surface area (Å²) in [5.41, 5.74) is 2.23. The van der Waals surface area contributed by atoms with Crippen LogP contribution in [0, 0.1) is 0 Å². The highest BCUT2D eigenvalue weighted by Gasteiger charge is 2.30. The van der Waals surface area contributed by atoms with E-state index < -0.39 is 0 Å². The zero-order valence-corrected chi connectivity index (χ0v) is 13.0. The van der Waals surface area contributed by atoms with Gasteiger partial charge in [-0.05, 0) is 31.5 Å². The summed E-state index contributed by atoms with van der Waals surface area (Å²) in [6, 6.07) is 8.34. The number of aromatic nitrogens is 2. The van der Waals surface area contributed by atoms with E-state index in [1.807, 2.05) is 23.0 Å². The lowest BCUT2D eigenvalue weighted by Gasteiger charge is -2.24. The Balaban J connectivity index is 2.09. The van der Waals surface area contributed by atoms with Gasteiger partial charge in [-0.25, -0.2) is 4.68 Å². The summed E-state index contributed by atoms with van der Waals surface area (Å²) in [7, 11) is 0. The molecule has 104 valence electrons. The molecule has 0 aliphatic carbocycles. The van der Waals surface area contributed by atoms with Crippen molar-refractivity contribution in [2.45, 2.75) is 32.2 Å². The van der Waals surface area contributed by atoms with Crippen LogP contribution in [0.15, 0.2) is 34.9 Å². The summed E-state index contributed by atoms with van der Waals surface area (Å²) in [5.74, 6) is 0.954. The number of anilines is 1. The summed E-state index contributed by atoms with van der Waals surface area (Å²) in [6.07, 6.45) is 2.34. The first kappa shape index (κ1) is 13.4. The van der Waals surface area contributed by atoms with Gasteiger partial charge in [0.1, 0.15) is 5.82 Å². The van der Waals surface area contributed by atoms with Crippen molar-refractivity contribution >= 4 is 27.7 Å². The van der Waals surface area contributed by atoms with Crippen LogP contribution in [0.5, 0.6) is 0 Å². The van der Waals surface area contributed by atoms with Gasteiger partial charge >= 0.3 is 0 Å². The molecule has 0 saturated heterocycles. The van der Waals surface area contributed by atoms with Crippen LogP contribution in [0.25, 0.3) is 0 Å². The molecular formula is C15H16BrN3O. The van der Waals surface area contributed by atoms with Crippen molar-refractivity contribution in [1.82, 2.24) is 9.78 Å². The summed E-state index contributed by atoms with van der Waals surface area (Å²) < 4.78 is 2.90. The maximum Gasteiger partial charge on any atom is 0.226 e. The fourth-order valence-electron chi connectivity index (χ4n) is 2.65. The predicted molar refractivity (Wildman–Crippen MR) is 81.8 cm³/mol. The SMILES string of the molecule is CC(C)n1ncc2c1NC(=O)CC2c1cccc(Br)c1. The topological polar surface area (TPSA) is 46.9 Å². The van der Waals surface area contributed by atoms with Gasteiger partial charge in [0.25, 0.3) is 0 Å². The number of hydrogen-bond acceptors (Lipinski definition) is 2. The van der Waals surface area contributed by atoms with Gasteiger partial charge in [0.2, 0.25) is 5.91 Å². The number of halogens is 1. The van der Waals surface area contributed by atoms with E-state index in [4.69, 9.17) is 0 Å². The first-order valence-corrected chi connectivity index (χ1v) is 7.48. The molecular weight excluding hydrogens is 318 g/mol. The third-order valence-corrected chi connectivity index (χ3v) is 4.08. The molecule has 0 fully saturated rings. The maximum atomic E-state index is 12.0. The largest absolute Gasteiger partial charge is 0.311 e. The fourth-order valence-corrected chi connectivity index (χ4v) is 3.07. The van der Waals surface area contributed by atoms with Crippen LogP contribution >= 0.6 is 15.9 Å². The van der Waals surface area contributed by atoms with Gasteiger partial charge < -0.3 is 5.32 Å². The molecule has 2 aromatic rings. The minimum absolute atomic E-state index is 0.0462. The van der Waals surface area contributed by atoms with E-state index in [-0.39, 0.29) is 17.9 Å². The second kappa shape index (κ2) is 5.05. The van der Waals surface area contributed by atoms with Crippen molar-refractivity contribution in [2.75, 3.05) is 5.32 Å². The molecule has 1 unspecified atom stereocenters. The number of nitrogens with one attached hydrogen (secondary N) is 1. The first-order chi connectivity index (χ1) is 9.56. The number of amides is 1. The first-order valence-electron chi connectivity index (χ1n) is 6.69. The van der Waals surface area contributed by atoms with Gasteiger partial charge in [0.05, 0.1) is 6.20 Å². The van der Waals surface area contributed by atoms with Gasteiger partial charge in [-0.15, -0.1) is 0 Å². The molecule has 0 spiro atoms. The van der Waals surface area contributed by atoms with E-state index in [1.54, 1.807) is 0 Å². The summed E-state index contributed by atoms with van der Waals surface area (Å²) >= 11 is 3.49. The van der Waals surface area contributed by atoms with Crippen LogP contribution in [0.3, 0.4) is 0 Å². The highest BCUT2D eigenvalue weighted by Crippen LogP contribution is 2.38. The molecule has 20 heavy (non-hydrogen) atoms. The van der Waals surface area contributed by atoms with Crippen LogP contribution in [-0.2, 0) is 4.79 Å². The van der Waals surface area contributed by atoms with Crippen molar-refractivity contribution in [3.63, 3.8) is 0 Å². The number of rotatable bonds is 2. The normalized spacial score (nSPS) is 18.0. The van der Waals surface area contributed by atoms with Gasteiger partial charge in [0.15, 0.2) is 0 Å². The maximum absolute atomic E-state index is 12.0. The molecule has 0 saturated carbocycles. The lowest BCUT2D eigenvalue weighted by atomic mass is 9.87. The smallest absolute Gasteiger partial charge is 0.226 e. The van der Waals surface area contributed by atoms with E-state index in [2.05, 4.69) is 52.3 Å². The van der Waals surface area contributed by atoms with E-state index in [0.717, 1.165) is 21.4 Å². The molecule has 1 aromatic heterocycles. The monoisotopic (exact) mass is 333 g/mol. The fraction of sp³-hybridized carbons (Fsp3) is 0.333. The number of fused-ring (bicyclic) bond motifs is 1. The second-order valence-corrected chi connectivity index (χ2v) is 6.26. The van der Waals surface area contributed by atoms with Crippen molar-refractivity contribution in [3.8, 4) is 0 Å². The van der Waals surface area contributed by atoms with E-state index in [9.17, 15) is 4.79 Å². The number of hydrogen-bond donors (Lipinski definition) is 1. The minimum atomic E-state index is 0.0462. The minimum Gasteiger partial charge on any atom is -0.311 e. The molecule has 1 N–H and O–H groups in total. The Hall–Kier alpha value is -1.62. The Bertz CT molecular complexity index is 663. The Morgan fingerprint density at radius 3 is 2.95 bits per heavy atom. The number of carbonyl (C=O) groups is 1. The van der Waals surface area contributed by atoms with Gasteiger partial charge in [0, 0.05) is 28.4 Å². The molecule has 1 atom stereocenters. The van der Waals surface area contributed by atoms with Gasteiger partial charge in [-0.3, -0.25) is 4.79 Å². The zero-order valence-electron chi connectivity index (χ0n) is 11.4. The average Bonchev–Trinajstić information content (AvgIpc) is 2.81. The van der Waals surface area contributed by atoms with Crippen molar-refractivity contribution < 1.29 is 4.79 Å². The Labute approximate surface area is 126 Å². The van der Waals surface area contributed by atoms with Crippen molar-refractivity contribution in [2.24, 2.45) is 0 Å². The molecule has 5 heteroatoms. The predicted octanol–water partition coefficient (Wildman–Crippen LogP) is 3.70. The van der Waals surface area contributed by atoms with Crippen LogP contribution in [-0.4, -0.2) is 15.7 Å². The van der Waals surface area contributed by atoms with Crippen LogP contribution in [0.1, 0.15) is 43.4 Å². The van der Waals surface area contributed by atoms with E-state index in [0.29, 0.717) is 6.42 Å². The van der Waals surface area contributed by atoms with Gasteiger partial charge in [-0.2, -0.15) is 5.10 Å². The van der Waals surface area contributed by atoms with Crippen LogP contribution in [0.2, 0.25) is 0 Å². The van der Waals surface area contributed by atoms with Gasteiger partial charge in [-0.1, -0.05) is 28.1 Å². The standard InChI is InChI=1S/C15H16BrN3O/c1-9(2)19-15-13(8-17-19)12(7-14(20)18-15)10-4-3-5-11(16)6-10/h3-6,8-9,12H,7H2,1-2H3,(H,18,20). The van der Waals surface area contributed by atoms with Crippen LogP contribution in [0.4, 0.5) is 5.82 Å².